The molecule has 0 unspecified atom stereocenters. The number of aromatic nitrogens is 1. The number of furan rings is 1. The smallest absolute Gasteiger partial charge is 0.269 e. The van der Waals surface area contributed by atoms with Gasteiger partial charge in [0.2, 0.25) is 5.78 Å². The van der Waals surface area contributed by atoms with E-state index in [9.17, 15) is 14.9 Å². The van der Waals surface area contributed by atoms with Crippen molar-refractivity contribution in [3.63, 3.8) is 0 Å². The van der Waals surface area contributed by atoms with Crippen LogP contribution in [-0.4, -0.2) is 48.0 Å². The largest absolute Gasteiger partial charge is 0.467 e. The van der Waals surface area contributed by atoms with E-state index >= 15 is 0 Å². The van der Waals surface area contributed by atoms with Gasteiger partial charge in [-0.25, -0.2) is 0 Å². The Kier molecular flexibility index (Phi) is 5.90. The summed E-state index contributed by atoms with van der Waals surface area (Å²) in [6.45, 7) is 8.45. The lowest BCUT2D eigenvalue weighted by molar-refractivity contribution is -0.892. The molecule has 1 N–H and O–H groups in total. The zero-order chi connectivity index (χ0) is 22.0. The maximum Gasteiger partial charge on any atom is 0.269 e. The van der Waals surface area contributed by atoms with Crippen LogP contribution in [0.5, 0.6) is 0 Å². The number of ketones is 1. The van der Waals surface area contributed by atoms with Gasteiger partial charge in [0.25, 0.3) is 5.69 Å². The molecule has 31 heavy (non-hydrogen) atoms. The summed E-state index contributed by atoms with van der Waals surface area (Å²) < 4.78 is 7.57. The van der Waals surface area contributed by atoms with Crippen LogP contribution in [0, 0.1) is 24.0 Å². The Morgan fingerprint density at radius 2 is 1.87 bits per heavy atom. The molecule has 8 heteroatoms. The van der Waals surface area contributed by atoms with Gasteiger partial charge in [-0.2, -0.15) is 0 Å². The monoisotopic (exact) mass is 423 g/mol. The standard InChI is InChI=1S/C23H26N4O4/c1-17-14-22(18(2)26(17)15-21-4-3-13-31-21)23(28)16-24-9-11-25(12-10-24)19-5-7-20(8-6-19)27(29)30/h3-8,13-14H,9-12,15-16H2,1-2H3/p+1. The SMILES string of the molecule is Cc1cc(C(=O)C[NH+]2CCN(c3ccc([N+](=O)[O-])cc3)CC2)c(C)n1Cc1ccco1. The van der Waals surface area contributed by atoms with Crippen LogP contribution in [0.25, 0.3) is 0 Å². The van der Waals surface area contributed by atoms with E-state index in [0.29, 0.717) is 13.1 Å². The van der Waals surface area contributed by atoms with Crippen molar-refractivity contribution in [3.8, 4) is 0 Å². The van der Waals surface area contributed by atoms with E-state index in [1.54, 1.807) is 18.4 Å². The second kappa shape index (κ2) is 8.77. The number of quaternary nitrogens is 1. The van der Waals surface area contributed by atoms with Crippen molar-refractivity contribution >= 4 is 17.2 Å². The first-order valence-corrected chi connectivity index (χ1v) is 10.5. The van der Waals surface area contributed by atoms with Crippen molar-refractivity contribution in [2.24, 2.45) is 0 Å². The molecule has 3 heterocycles. The maximum atomic E-state index is 13.0. The highest BCUT2D eigenvalue weighted by Gasteiger charge is 2.25. The minimum atomic E-state index is -0.386. The Hall–Kier alpha value is -3.39. The van der Waals surface area contributed by atoms with Crippen LogP contribution in [0.4, 0.5) is 11.4 Å². The summed E-state index contributed by atoms with van der Waals surface area (Å²) in [5.74, 6) is 1.03. The second-order valence-corrected chi connectivity index (χ2v) is 8.06. The number of aryl methyl sites for hydroxylation is 1. The number of carbonyl (C=O) groups is 1. The molecule has 1 aromatic carbocycles. The average molecular weight is 423 g/mol. The van der Waals surface area contributed by atoms with Crippen LogP contribution >= 0.6 is 0 Å². The number of Topliss-reactive ketones (excluding diaryl/α,β-unsaturated/α-hetero) is 1. The van der Waals surface area contributed by atoms with Crippen molar-refractivity contribution < 1.29 is 19.0 Å². The molecule has 162 valence electrons. The Balaban J connectivity index is 1.35. The van der Waals surface area contributed by atoms with Crippen molar-refractivity contribution in [1.82, 2.24) is 4.57 Å². The predicted octanol–water partition coefficient (Wildman–Crippen LogP) is 2.24. The lowest BCUT2D eigenvalue weighted by Crippen LogP contribution is -3.15. The molecule has 0 amide bonds. The number of hydrogen-bond acceptors (Lipinski definition) is 5. The summed E-state index contributed by atoms with van der Waals surface area (Å²) in [7, 11) is 0. The lowest BCUT2D eigenvalue weighted by Gasteiger charge is -2.33. The third kappa shape index (κ3) is 4.54. The van der Waals surface area contributed by atoms with Crippen molar-refractivity contribution in [1.29, 1.82) is 0 Å². The first-order chi connectivity index (χ1) is 14.9. The molecule has 1 aliphatic rings. The summed E-state index contributed by atoms with van der Waals surface area (Å²) in [6.07, 6.45) is 1.66. The van der Waals surface area contributed by atoms with Gasteiger partial charge >= 0.3 is 0 Å². The zero-order valence-electron chi connectivity index (χ0n) is 17.8. The number of anilines is 1. The number of rotatable bonds is 7. The topological polar surface area (TPSA) is 86.0 Å². The lowest BCUT2D eigenvalue weighted by atomic mass is 10.1. The fraction of sp³-hybridized carbons (Fsp3) is 0.348. The van der Waals surface area contributed by atoms with Crippen LogP contribution in [0.1, 0.15) is 27.5 Å². The molecule has 3 aromatic rings. The molecule has 1 fully saturated rings. The third-order valence-electron chi connectivity index (χ3n) is 6.07. The van der Waals surface area contributed by atoms with Gasteiger partial charge in [-0.05, 0) is 44.2 Å². The molecule has 0 radical (unpaired) electrons. The molecule has 8 nitrogen and oxygen atoms in total. The Labute approximate surface area is 180 Å². The second-order valence-electron chi connectivity index (χ2n) is 8.06. The Morgan fingerprint density at radius 3 is 2.48 bits per heavy atom. The van der Waals surface area contributed by atoms with Crippen molar-refractivity contribution in [2.45, 2.75) is 20.4 Å². The van der Waals surface area contributed by atoms with Gasteiger partial charge in [0.05, 0.1) is 43.9 Å². The van der Waals surface area contributed by atoms with Gasteiger partial charge in [-0.1, -0.05) is 0 Å². The molecule has 0 saturated carbocycles. The summed E-state index contributed by atoms with van der Waals surface area (Å²) in [5.41, 5.74) is 3.90. The molecular formula is C23H27N4O4+. The fourth-order valence-corrected chi connectivity index (χ4v) is 4.25. The maximum absolute atomic E-state index is 13.0. The van der Waals surface area contributed by atoms with E-state index in [2.05, 4.69) is 9.47 Å². The summed E-state index contributed by atoms with van der Waals surface area (Å²) in [6, 6.07) is 12.5. The number of nitrogens with zero attached hydrogens (tertiary/aromatic N) is 3. The van der Waals surface area contributed by atoms with Gasteiger partial charge in [-0.15, -0.1) is 0 Å². The van der Waals surface area contributed by atoms with Gasteiger partial charge in [-0.3, -0.25) is 14.9 Å². The average Bonchev–Trinajstić information content (AvgIpc) is 3.38. The number of nitrogens with one attached hydrogen (secondary N) is 1. The van der Waals surface area contributed by atoms with E-state index in [4.69, 9.17) is 4.42 Å². The summed E-state index contributed by atoms with van der Waals surface area (Å²) >= 11 is 0. The molecule has 0 atom stereocenters. The van der Waals surface area contributed by atoms with Crippen molar-refractivity contribution in [2.75, 3.05) is 37.6 Å². The van der Waals surface area contributed by atoms with Gasteiger partial charge in [0, 0.05) is 34.8 Å². The predicted molar refractivity (Wildman–Crippen MR) is 117 cm³/mol. The highest BCUT2D eigenvalue weighted by molar-refractivity contribution is 5.98. The number of piperazine rings is 1. The molecular weight excluding hydrogens is 396 g/mol. The first kappa shape index (κ1) is 20.9. The van der Waals surface area contributed by atoms with Gasteiger partial charge in [0.15, 0.2) is 0 Å². The summed E-state index contributed by atoms with van der Waals surface area (Å²) in [4.78, 5) is 26.9. The van der Waals surface area contributed by atoms with E-state index in [-0.39, 0.29) is 16.4 Å². The minimum Gasteiger partial charge on any atom is -0.467 e. The molecule has 0 aliphatic carbocycles. The van der Waals surface area contributed by atoms with E-state index in [1.165, 1.54) is 17.0 Å². The molecule has 0 spiro atoms. The van der Waals surface area contributed by atoms with Crippen LogP contribution in [-0.2, 0) is 6.54 Å². The minimum absolute atomic E-state index is 0.100. The van der Waals surface area contributed by atoms with Crippen LogP contribution in [0.2, 0.25) is 0 Å². The van der Waals surface area contributed by atoms with E-state index in [0.717, 1.165) is 54.6 Å². The quantitative estimate of drug-likeness (QED) is 0.358. The van der Waals surface area contributed by atoms with Crippen LogP contribution in [0.15, 0.2) is 53.1 Å². The number of nitro groups is 1. The van der Waals surface area contributed by atoms with Gasteiger partial charge < -0.3 is 18.8 Å². The number of hydrogen-bond donors (Lipinski definition) is 1. The fourth-order valence-electron chi connectivity index (χ4n) is 4.25. The van der Waals surface area contributed by atoms with E-state index in [1.807, 2.05) is 32.0 Å². The van der Waals surface area contributed by atoms with Crippen LogP contribution < -0.4 is 9.80 Å². The molecule has 0 bridgehead atoms. The highest BCUT2D eigenvalue weighted by atomic mass is 16.6. The highest BCUT2D eigenvalue weighted by Crippen LogP contribution is 2.20. The number of carbonyl (C=O) groups excluding carboxylic acids is 1. The molecule has 1 saturated heterocycles. The van der Waals surface area contributed by atoms with E-state index < -0.39 is 0 Å². The van der Waals surface area contributed by atoms with Gasteiger partial charge in [0.1, 0.15) is 12.3 Å². The zero-order valence-corrected chi connectivity index (χ0v) is 17.8. The molecule has 1 aliphatic heterocycles. The number of nitro benzene ring substituents is 1. The normalized spacial score (nSPS) is 14.7. The number of non-ortho nitro benzene ring substituents is 1. The Morgan fingerprint density at radius 1 is 1.16 bits per heavy atom. The number of benzene rings is 1. The van der Waals surface area contributed by atoms with Crippen molar-refractivity contribution in [3.05, 3.63) is 81.6 Å². The molecule has 4 rings (SSSR count). The molecule has 2 aromatic heterocycles. The van der Waals surface area contributed by atoms with Crippen LogP contribution in [0.3, 0.4) is 0 Å². The third-order valence-corrected chi connectivity index (χ3v) is 6.07. The summed E-state index contributed by atoms with van der Waals surface area (Å²) in [5, 5.41) is 10.8. The first-order valence-electron chi connectivity index (χ1n) is 10.5. The Bertz CT molecular complexity index is 1060.